The first-order valence-corrected chi connectivity index (χ1v) is 7.53. The van der Waals surface area contributed by atoms with Crippen LogP contribution in [0.1, 0.15) is 25.0 Å². The van der Waals surface area contributed by atoms with Crippen LogP contribution in [0.15, 0.2) is 30.3 Å². The Morgan fingerprint density at radius 1 is 1.48 bits per heavy atom. The highest BCUT2D eigenvalue weighted by Crippen LogP contribution is 2.15. The summed E-state index contributed by atoms with van der Waals surface area (Å²) in [5.74, 6) is 0.00538. The molecule has 1 aliphatic heterocycles. The molecule has 0 bridgehead atoms. The van der Waals surface area contributed by atoms with E-state index in [1.165, 1.54) is 5.56 Å². The molecule has 0 aromatic heterocycles. The lowest BCUT2D eigenvalue weighted by molar-refractivity contribution is -0.125. The van der Waals surface area contributed by atoms with E-state index in [1.807, 2.05) is 25.1 Å². The van der Waals surface area contributed by atoms with Gasteiger partial charge in [-0.05, 0) is 18.9 Å². The van der Waals surface area contributed by atoms with Crippen LogP contribution in [0.4, 0.5) is 0 Å². The lowest BCUT2D eigenvalue weighted by Gasteiger charge is -2.22. The third-order valence-electron chi connectivity index (χ3n) is 3.50. The molecule has 1 heterocycles. The van der Waals surface area contributed by atoms with Crippen LogP contribution in [-0.4, -0.2) is 44.9 Å². The summed E-state index contributed by atoms with van der Waals surface area (Å²) in [6.45, 7) is 5.15. The van der Waals surface area contributed by atoms with E-state index in [0.29, 0.717) is 26.4 Å². The van der Waals surface area contributed by atoms with Gasteiger partial charge in [0.25, 0.3) is 0 Å². The van der Waals surface area contributed by atoms with Crippen LogP contribution in [0.25, 0.3) is 0 Å². The summed E-state index contributed by atoms with van der Waals surface area (Å²) in [5.41, 5.74) is 1.17. The lowest BCUT2D eigenvalue weighted by atomic mass is 10.1. The minimum atomic E-state index is -0.220. The first-order chi connectivity index (χ1) is 10.3. The zero-order valence-corrected chi connectivity index (χ0v) is 12.5. The van der Waals surface area contributed by atoms with Gasteiger partial charge in [0.05, 0.1) is 19.3 Å². The van der Waals surface area contributed by atoms with Crippen molar-refractivity contribution in [3.05, 3.63) is 35.9 Å². The largest absolute Gasteiger partial charge is 0.378 e. The van der Waals surface area contributed by atoms with Crippen molar-refractivity contribution in [2.75, 3.05) is 32.9 Å². The summed E-state index contributed by atoms with van der Waals surface area (Å²) >= 11 is 0. The van der Waals surface area contributed by atoms with Crippen molar-refractivity contribution in [3.8, 4) is 0 Å². The van der Waals surface area contributed by atoms with Crippen molar-refractivity contribution in [3.63, 3.8) is 0 Å². The smallest absolute Gasteiger partial charge is 0.239 e. The van der Waals surface area contributed by atoms with E-state index in [0.717, 1.165) is 13.0 Å². The zero-order valence-electron chi connectivity index (χ0n) is 12.5. The topological polar surface area (TPSA) is 59.6 Å². The minimum Gasteiger partial charge on any atom is -0.378 e. The summed E-state index contributed by atoms with van der Waals surface area (Å²) in [6, 6.07) is 9.91. The Kier molecular flexibility index (Phi) is 6.66. The first-order valence-electron chi connectivity index (χ1n) is 7.53. The van der Waals surface area contributed by atoms with E-state index in [1.54, 1.807) is 0 Å². The molecular weight excluding hydrogens is 268 g/mol. The highest BCUT2D eigenvalue weighted by molar-refractivity contribution is 5.81. The average molecular weight is 292 g/mol. The number of carbonyl (C=O) groups excluding carboxylic acids is 1. The third kappa shape index (κ3) is 5.46. The standard InChI is InChI=1S/C16H24N2O3/c1-13(14-6-3-2-4-7-14)21-10-5-8-18-16(19)15-12-20-11-9-17-15/h2-4,6-7,13,15,17H,5,8-12H2,1H3,(H,18,19). The monoisotopic (exact) mass is 292 g/mol. The molecule has 5 nitrogen and oxygen atoms in total. The quantitative estimate of drug-likeness (QED) is 0.743. The average Bonchev–Trinajstić information content (AvgIpc) is 2.55. The highest BCUT2D eigenvalue weighted by Gasteiger charge is 2.20. The van der Waals surface area contributed by atoms with Crippen LogP contribution in [0.2, 0.25) is 0 Å². The molecule has 2 N–H and O–H groups in total. The molecule has 5 heteroatoms. The molecule has 1 amide bonds. The van der Waals surface area contributed by atoms with Gasteiger partial charge >= 0.3 is 0 Å². The van der Waals surface area contributed by atoms with Crippen molar-refractivity contribution >= 4 is 5.91 Å². The second-order valence-corrected chi connectivity index (χ2v) is 5.15. The van der Waals surface area contributed by atoms with Crippen LogP contribution in [0.3, 0.4) is 0 Å². The fourth-order valence-electron chi connectivity index (χ4n) is 2.22. The Labute approximate surface area is 126 Å². The summed E-state index contributed by atoms with van der Waals surface area (Å²) in [5, 5.41) is 6.04. The molecule has 1 saturated heterocycles. The molecule has 116 valence electrons. The fraction of sp³-hybridized carbons (Fsp3) is 0.562. The van der Waals surface area contributed by atoms with Gasteiger partial charge in [-0.2, -0.15) is 0 Å². The molecule has 0 radical (unpaired) electrons. The van der Waals surface area contributed by atoms with Crippen LogP contribution in [0.5, 0.6) is 0 Å². The Morgan fingerprint density at radius 3 is 3.00 bits per heavy atom. The predicted molar refractivity (Wildman–Crippen MR) is 81.0 cm³/mol. The summed E-state index contributed by atoms with van der Waals surface area (Å²) < 4.78 is 11.0. The van der Waals surface area contributed by atoms with Crippen molar-refractivity contribution in [1.29, 1.82) is 0 Å². The van der Waals surface area contributed by atoms with Crippen molar-refractivity contribution in [2.45, 2.75) is 25.5 Å². The maximum absolute atomic E-state index is 11.8. The number of ether oxygens (including phenoxy) is 2. The second-order valence-electron chi connectivity index (χ2n) is 5.15. The normalized spacial score (nSPS) is 20.0. The van der Waals surface area contributed by atoms with Gasteiger partial charge in [0.1, 0.15) is 6.04 Å². The molecule has 1 aromatic rings. The molecule has 0 spiro atoms. The van der Waals surface area contributed by atoms with Gasteiger partial charge in [-0.1, -0.05) is 30.3 Å². The van der Waals surface area contributed by atoms with E-state index in [9.17, 15) is 4.79 Å². The summed E-state index contributed by atoms with van der Waals surface area (Å²) in [6.07, 6.45) is 0.881. The molecule has 0 aliphatic carbocycles. The van der Waals surface area contributed by atoms with E-state index >= 15 is 0 Å². The summed E-state index contributed by atoms with van der Waals surface area (Å²) in [4.78, 5) is 11.8. The maximum atomic E-state index is 11.8. The molecule has 2 atom stereocenters. The van der Waals surface area contributed by atoms with E-state index in [2.05, 4.69) is 22.8 Å². The van der Waals surface area contributed by atoms with Crippen molar-refractivity contribution in [2.24, 2.45) is 0 Å². The summed E-state index contributed by atoms with van der Waals surface area (Å²) in [7, 11) is 0. The van der Waals surface area contributed by atoms with Crippen LogP contribution in [0, 0.1) is 0 Å². The van der Waals surface area contributed by atoms with Crippen LogP contribution >= 0.6 is 0 Å². The predicted octanol–water partition coefficient (Wildman–Crippen LogP) is 1.26. The molecular formula is C16H24N2O3. The number of hydrogen-bond acceptors (Lipinski definition) is 4. The van der Waals surface area contributed by atoms with Gasteiger partial charge in [0.15, 0.2) is 0 Å². The third-order valence-corrected chi connectivity index (χ3v) is 3.50. The molecule has 1 aromatic carbocycles. The number of morpholine rings is 1. The second kappa shape index (κ2) is 8.77. The Hall–Kier alpha value is -1.43. The molecule has 1 aliphatic rings. The molecule has 21 heavy (non-hydrogen) atoms. The number of benzene rings is 1. The maximum Gasteiger partial charge on any atom is 0.239 e. The zero-order chi connectivity index (χ0) is 14.9. The molecule has 1 fully saturated rings. The van der Waals surface area contributed by atoms with Gasteiger partial charge < -0.3 is 20.1 Å². The molecule has 2 unspecified atom stereocenters. The Bertz CT molecular complexity index is 419. The van der Waals surface area contributed by atoms with Crippen LogP contribution < -0.4 is 10.6 Å². The van der Waals surface area contributed by atoms with Gasteiger partial charge in [-0.3, -0.25) is 4.79 Å². The number of rotatable bonds is 7. The number of carbonyl (C=O) groups is 1. The van der Waals surface area contributed by atoms with Crippen molar-refractivity contribution in [1.82, 2.24) is 10.6 Å². The van der Waals surface area contributed by atoms with Gasteiger partial charge in [0, 0.05) is 19.7 Å². The SMILES string of the molecule is CC(OCCCNC(=O)C1COCCN1)c1ccccc1. The van der Waals surface area contributed by atoms with Crippen LogP contribution in [-0.2, 0) is 14.3 Å². The van der Waals surface area contributed by atoms with E-state index in [4.69, 9.17) is 9.47 Å². The fourth-order valence-corrected chi connectivity index (χ4v) is 2.22. The Morgan fingerprint density at radius 2 is 2.29 bits per heavy atom. The van der Waals surface area contributed by atoms with Crippen molar-refractivity contribution < 1.29 is 14.3 Å². The van der Waals surface area contributed by atoms with Gasteiger partial charge in [-0.25, -0.2) is 0 Å². The van der Waals surface area contributed by atoms with E-state index < -0.39 is 0 Å². The highest BCUT2D eigenvalue weighted by atomic mass is 16.5. The molecule has 2 rings (SSSR count). The number of amides is 1. The number of nitrogens with one attached hydrogen (secondary N) is 2. The minimum absolute atomic E-state index is 0.00538. The van der Waals surface area contributed by atoms with Gasteiger partial charge in [-0.15, -0.1) is 0 Å². The van der Waals surface area contributed by atoms with Gasteiger partial charge in [0.2, 0.25) is 5.91 Å². The molecule has 0 saturated carbocycles. The number of hydrogen-bond donors (Lipinski definition) is 2. The lowest BCUT2D eigenvalue weighted by Crippen LogP contribution is -2.51. The Balaban J connectivity index is 1.56. The van der Waals surface area contributed by atoms with E-state index in [-0.39, 0.29) is 18.1 Å². The first kappa shape index (κ1) is 15.9.